The van der Waals surface area contributed by atoms with Crippen LogP contribution in [0.1, 0.15) is 6.92 Å². The highest BCUT2D eigenvalue weighted by Crippen LogP contribution is 2.44. The van der Waals surface area contributed by atoms with Gasteiger partial charge in [-0.2, -0.15) is 0 Å². The van der Waals surface area contributed by atoms with Crippen LogP contribution in [0, 0.1) is 0 Å². The lowest BCUT2D eigenvalue weighted by atomic mass is 10.5. The summed E-state index contributed by atoms with van der Waals surface area (Å²) in [6.07, 6.45) is -0.747. The first-order valence-corrected chi connectivity index (χ1v) is 4.77. The van der Waals surface area contributed by atoms with Crippen molar-refractivity contribution in [3.05, 3.63) is 0 Å². The summed E-state index contributed by atoms with van der Waals surface area (Å²) in [5, 5.41) is 8.49. The van der Waals surface area contributed by atoms with E-state index >= 15 is 0 Å². The molecule has 0 aliphatic carbocycles. The van der Waals surface area contributed by atoms with Crippen molar-refractivity contribution in [3.8, 4) is 0 Å². The van der Waals surface area contributed by atoms with E-state index in [1.807, 2.05) is 0 Å². The number of carbonyl (C=O) groups is 1. The molecule has 5 heteroatoms. The summed E-state index contributed by atoms with van der Waals surface area (Å²) in [7, 11) is -1.81. The third-order valence-electron chi connectivity index (χ3n) is 1.01. The summed E-state index contributed by atoms with van der Waals surface area (Å²) in [6, 6.07) is 0. The molecule has 4 nitrogen and oxygen atoms in total. The summed E-state index contributed by atoms with van der Waals surface area (Å²) in [6.45, 7) is 1.31. The Morgan fingerprint density at radius 1 is 1.70 bits per heavy atom. The van der Waals surface area contributed by atoms with Gasteiger partial charge in [0.1, 0.15) is 12.1 Å². The monoisotopic (exact) mass is 166 g/mol. The van der Waals surface area contributed by atoms with Gasteiger partial charge in [0.2, 0.25) is 7.37 Å². The molecule has 1 N–H and O–H groups in total. The van der Waals surface area contributed by atoms with Crippen LogP contribution in [-0.4, -0.2) is 30.5 Å². The highest BCUT2D eigenvalue weighted by atomic mass is 31.2. The van der Waals surface area contributed by atoms with E-state index in [-0.39, 0.29) is 11.9 Å². The zero-order valence-corrected chi connectivity index (χ0v) is 6.93. The molecule has 0 spiro atoms. The lowest BCUT2D eigenvalue weighted by Gasteiger charge is -2.09. The molecule has 0 fully saturated rings. The topological polar surface area (TPSA) is 63.6 Å². The van der Waals surface area contributed by atoms with E-state index in [1.54, 1.807) is 0 Å². The molecule has 60 valence electrons. The van der Waals surface area contributed by atoms with E-state index < -0.39 is 13.7 Å². The molecule has 0 bridgehead atoms. The number of hydrogen-bond acceptors (Lipinski definition) is 4. The molecule has 0 amide bonds. The fourth-order valence-electron chi connectivity index (χ4n) is 0.512. The maximum atomic E-state index is 11.1. The van der Waals surface area contributed by atoms with E-state index in [0.29, 0.717) is 0 Å². The van der Waals surface area contributed by atoms with Gasteiger partial charge in [-0.05, 0) is 6.92 Å². The standard InChI is InChI=1S/C5H11O4P/c1-5(7)3-10(8,4-6)9-2/h6H,3-4H2,1-2H3. The minimum Gasteiger partial charge on any atom is -0.386 e. The van der Waals surface area contributed by atoms with Crippen LogP contribution in [0.3, 0.4) is 0 Å². The Hall–Kier alpha value is -0.180. The minimum atomic E-state index is -3.03. The van der Waals surface area contributed by atoms with Gasteiger partial charge in [-0.25, -0.2) is 0 Å². The van der Waals surface area contributed by atoms with Gasteiger partial charge in [0, 0.05) is 7.11 Å². The Kier molecular flexibility index (Phi) is 3.79. The van der Waals surface area contributed by atoms with Gasteiger partial charge < -0.3 is 9.63 Å². The number of aliphatic hydroxyl groups is 1. The second kappa shape index (κ2) is 3.86. The van der Waals surface area contributed by atoms with Gasteiger partial charge in [-0.3, -0.25) is 9.36 Å². The highest BCUT2D eigenvalue weighted by molar-refractivity contribution is 7.59. The summed E-state index contributed by atoms with van der Waals surface area (Å²) in [5.74, 6) is -0.237. The van der Waals surface area contributed by atoms with Gasteiger partial charge in [0.25, 0.3) is 0 Å². The number of rotatable bonds is 4. The van der Waals surface area contributed by atoms with Gasteiger partial charge >= 0.3 is 0 Å². The van der Waals surface area contributed by atoms with E-state index in [2.05, 4.69) is 4.52 Å². The predicted octanol–water partition coefficient (Wildman–Crippen LogP) is 0.450. The van der Waals surface area contributed by atoms with Crippen LogP contribution >= 0.6 is 7.37 Å². The maximum absolute atomic E-state index is 11.1. The first-order valence-electron chi connectivity index (χ1n) is 2.78. The number of aliphatic hydroxyl groups excluding tert-OH is 1. The Morgan fingerprint density at radius 3 is 2.30 bits per heavy atom. The molecule has 0 aromatic rings. The molecule has 1 unspecified atom stereocenters. The molecule has 0 saturated carbocycles. The summed E-state index contributed by atoms with van der Waals surface area (Å²) >= 11 is 0. The number of hydrogen-bond donors (Lipinski definition) is 1. The first kappa shape index (κ1) is 9.82. The molecule has 0 aromatic carbocycles. The molecule has 1 atom stereocenters. The van der Waals surface area contributed by atoms with Crippen LogP contribution in [0.2, 0.25) is 0 Å². The van der Waals surface area contributed by atoms with Crippen molar-refractivity contribution >= 4 is 13.2 Å². The van der Waals surface area contributed by atoms with E-state index in [1.165, 1.54) is 14.0 Å². The third kappa shape index (κ3) is 3.11. The number of ketones is 1. The van der Waals surface area contributed by atoms with E-state index in [9.17, 15) is 9.36 Å². The van der Waals surface area contributed by atoms with Crippen molar-refractivity contribution in [1.82, 2.24) is 0 Å². The van der Waals surface area contributed by atoms with Gasteiger partial charge in [-0.1, -0.05) is 0 Å². The van der Waals surface area contributed by atoms with Crippen LogP contribution in [-0.2, 0) is 13.9 Å². The van der Waals surface area contributed by atoms with Crippen molar-refractivity contribution < 1.29 is 19.0 Å². The van der Waals surface area contributed by atoms with Crippen LogP contribution in [0.25, 0.3) is 0 Å². The summed E-state index contributed by atoms with van der Waals surface area (Å²) < 4.78 is 15.6. The number of carbonyl (C=O) groups excluding carboxylic acids is 1. The molecular formula is C5H11O4P. The molecule has 0 radical (unpaired) electrons. The SMILES string of the molecule is COP(=O)(CO)CC(C)=O. The van der Waals surface area contributed by atoms with Gasteiger partial charge in [0.15, 0.2) is 0 Å². The quantitative estimate of drug-likeness (QED) is 0.616. The zero-order valence-electron chi connectivity index (χ0n) is 6.03. The van der Waals surface area contributed by atoms with E-state index in [4.69, 9.17) is 5.11 Å². The molecule has 0 aliphatic rings. The molecule has 0 heterocycles. The normalized spacial score (nSPS) is 16.3. The number of Topliss-reactive ketones (excluding diaryl/α,β-unsaturated/α-hetero) is 1. The fourth-order valence-corrected chi connectivity index (χ4v) is 1.53. The molecule has 0 aliphatic heterocycles. The molecular weight excluding hydrogens is 155 g/mol. The van der Waals surface area contributed by atoms with Crippen molar-refractivity contribution in [2.24, 2.45) is 0 Å². The van der Waals surface area contributed by atoms with Crippen LogP contribution in [0.15, 0.2) is 0 Å². The average Bonchev–Trinajstić information content (AvgIpc) is 1.87. The van der Waals surface area contributed by atoms with Crippen molar-refractivity contribution in [2.45, 2.75) is 6.92 Å². The Balaban J connectivity index is 4.07. The molecule has 0 rings (SSSR count). The van der Waals surface area contributed by atoms with Crippen LogP contribution in [0.5, 0.6) is 0 Å². The van der Waals surface area contributed by atoms with E-state index in [0.717, 1.165) is 0 Å². The third-order valence-corrected chi connectivity index (χ3v) is 3.04. The predicted molar refractivity (Wildman–Crippen MR) is 37.2 cm³/mol. The van der Waals surface area contributed by atoms with Crippen molar-refractivity contribution in [2.75, 3.05) is 19.6 Å². The van der Waals surface area contributed by atoms with Crippen molar-refractivity contribution in [1.29, 1.82) is 0 Å². The van der Waals surface area contributed by atoms with Crippen LogP contribution in [0.4, 0.5) is 0 Å². The molecule has 0 saturated heterocycles. The lowest BCUT2D eigenvalue weighted by molar-refractivity contribution is -0.114. The molecule has 10 heavy (non-hydrogen) atoms. The second-order valence-corrected chi connectivity index (χ2v) is 4.59. The highest BCUT2D eigenvalue weighted by Gasteiger charge is 2.21. The van der Waals surface area contributed by atoms with Crippen LogP contribution < -0.4 is 0 Å². The summed E-state index contributed by atoms with van der Waals surface area (Å²) in [4.78, 5) is 10.4. The Bertz CT molecular complexity index is 157. The largest absolute Gasteiger partial charge is 0.386 e. The average molecular weight is 166 g/mol. The van der Waals surface area contributed by atoms with Gasteiger partial charge in [-0.15, -0.1) is 0 Å². The zero-order chi connectivity index (χ0) is 8.20. The van der Waals surface area contributed by atoms with Gasteiger partial charge in [0.05, 0.1) is 6.16 Å². The Labute approximate surface area is 59.6 Å². The fraction of sp³-hybridized carbons (Fsp3) is 0.800. The second-order valence-electron chi connectivity index (χ2n) is 2.00. The van der Waals surface area contributed by atoms with Crippen molar-refractivity contribution in [3.63, 3.8) is 0 Å². The maximum Gasteiger partial charge on any atom is 0.234 e. The minimum absolute atomic E-state index is 0.181. The Morgan fingerprint density at radius 2 is 2.20 bits per heavy atom. The molecule has 0 aromatic heterocycles. The first-order chi connectivity index (χ1) is 4.54. The summed E-state index contributed by atoms with van der Waals surface area (Å²) in [5.41, 5.74) is 0. The lowest BCUT2D eigenvalue weighted by Crippen LogP contribution is -2.04. The smallest absolute Gasteiger partial charge is 0.234 e.